The summed E-state index contributed by atoms with van der Waals surface area (Å²) in [6.45, 7) is 1.61. The largest absolute Gasteiger partial charge is 0.495 e. The van der Waals surface area contributed by atoms with Gasteiger partial charge >= 0.3 is 0 Å². The number of amides is 1. The summed E-state index contributed by atoms with van der Waals surface area (Å²) >= 11 is 0. The molecule has 2 heterocycles. The molecule has 25 heavy (non-hydrogen) atoms. The second kappa shape index (κ2) is 6.83. The van der Waals surface area contributed by atoms with Gasteiger partial charge in [-0.25, -0.2) is 4.39 Å². The first-order chi connectivity index (χ1) is 12.0. The third-order valence-electron chi connectivity index (χ3n) is 3.78. The van der Waals surface area contributed by atoms with Crippen LogP contribution in [0, 0.1) is 17.7 Å². The fourth-order valence-electron chi connectivity index (χ4n) is 2.61. The van der Waals surface area contributed by atoms with E-state index in [9.17, 15) is 14.3 Å². The molecule has 0 spiro atoms. The number of aromatic amines is 1. The fraction of sp³-hybridized carbons (Fsp3) is 0.211. The van der Waals surface area contributed by atoms with E-state index in [2.05, 4.69) is 22.1 Å². The number of anilines is 1. The van der Waals surface area contributed by atoms with E-state index in [-0.39, 0.29) is 17.9 Å². The van der Waals surface area contributed by atoms with Crippen LogP contribution in [-0.2, 0) is 4.79 Å². The Kier molecular flexibility index (Phi) is 4.59. The number of ether oxygens (including phenoxy) is 1. The van der Waals surface area contributed by atoms with Gasteiger partial charge in [0.25, 0.3) is 5.91 Å². The van der Waals surface area contributed by atoms with Gasteiger partial charge in [0.05, 0.1) is 35.7 Å². The number of nitrogens with one attached hydrogen (secondary N) is 2. The van der Waals surface area contributed by atoms with Crippen molar-refractivity contribution < 1.29 is 19.0 Å². The number of H-pyrrole nitrogens is 1. The van der Waals surface area contributed by atoms with Crippen molar-refractivity contribution in [2.45, 2.75) is 19.4 Å². The van der Waals surface area contributed by atoms with Crippen LogP contribution in [0.3, 0.4) is 0 Å². The zero-order chi connectivity index (χ0) is 18.0. The van der Waals surface area contributed by atoms with Crippen molar-refractivity contribution in [3.05, 3.63) is 47.0 Å². The Hall–Kier alpha value is -3.04. The molecule has 0 radical (unpaired) electrons. The summed E-state index contributed by atoms with van der Waals surface area (Å²) in [6, 6.07) is 4.51. The van der Waals surface area contributed by atoms with Gasteiger partial charge in [-0.1, -0.05) is 11.8 Å². The number of carbonyl (C=O) groups excluding carboxylic acids is 1. The van der Waals surface area contributed by atoms with E-state index >= 15 is 0 Å². The van der Waals surface area contributed by atoms with Crippen molar-refractivity contribution in [3.8, 4) is 17.6 Å². The quantitative estimate of drug-likeness (QED) is 0.594. The summed E-state index contributed by atoms with van der Waals surface area (Å²) in [7, 11) is 1.53. The molecule has 128 valence electrons. The topological polar surface area (TPSA) is 74.4 Å². The molecule has 1 amide bonds. The number of carbonyl (C=O) groups is 1. The van der Waals surface area contributed by atoms with Crippen LogP contribution < -0.4 is 10.1 Å². The van der Waals surface area contributed by atoms with Crippen LogP contribution in [0.4, 0.5) is 10.1 Å². The lowest BCUT2D eigenvalue weighted by molar-refractivity contribution is -0.110. The van der Waals surface area contributed by atoms with E-state index in [1.165, 1.54) is 19.2 Å². The Bertz CT molecular complexity index is 916. The third-order valence-corrected chi connectivity index (χ3v) is 3.78. The molecule has 1 aliphatic rings. The van der Waals surface area contributed by atoms with Crippen LogP contribution in [0.2, 0.25) is 0 Å². The molecule has 3 N–H and O–H groups in total. The number of halogens is 1. The minimum atomic E-state index is -0.606. The summed E-state index contributed by atoms with van der Waals surface area (Å²) in [5.74, 6) is 5.22. The van der Waals surface area contributed by atoms with Crippen LogP contribution in [0.1, 0.15) is 30.2 Å². The molecule has 1 unspecified atom stereocenters. The summed E-state index contributed by atoms with van der Waals surface area (Å²) in [5.41, 5.74) is 1.96. The zero-order valence-electron chi connectivity index (χ0n) is 13.8. The van der Waals surface area contributed by atoms with Crippen molar-refractivity contribution in [3.63, 3.8) is 0 Å². The molecular formula is C19H17FN2O3. The maximum atomic E-state index is 14.3. The van der Waals surface area contributed by atoms with Gasteiger partial charge in [0, 0.05) is 18.2 Å². The first-order valence-electron chi connectivity index (χ1n) is 7.75. The SMILES string of the molecule is COc1cc[nH]c1C=C1C(=O)Nc2ccc(F)c(C#CCC(C)O)c21. The van der Waals surface area contributed by atoms with E-state index in [4.69, 9.17) is 4.74 Å². The lowest BCUT2D eigenvalue weighted by Crippen LogP contribution is -2.03. The van der Waals surface area contributed by atoms with Crippen molar-refractivity contribution in [1.29, 1.82) is 0 Å². The van der Waals surface area contributed by atoms with Crippen LogP contribution >= 0.6 is 0 Å². The predicted octanol–water partition coefficient (Wildman–Crippen LogP) is 2.78. The number of rotatable bonds is 3. The molecule has 6 heteroatoms. The second-order valence-corrected chi connectivity index (χ2v) is 5.67. The number of methoxy groups -OCH3 is 1. The molecule has 1 aromatic carbocycles. The maximum absolute atomic E-state index is 14.3. The number of aliphatic hydroxyl groups is 1. The minimum Gasteiger partial charge on any atom is -0.495 e. The molecule has 0 bridgehead atoms. The monoisotopic (exact) mass is 340 g/mol. The number of benzene rings is 1. The van der Waals surface area contributed by atoms with Gasteiger partial charge in [-0.3, -0.25) is 4.79 Å². The Labute approximate surface area is 144 Å². The van der Waals surface area contributed by atoms with Crippen LogP contribution in [0.5, 0.6) is 5.75 Å². The van der Waals surface area contributed by atoms with Crippen molar-refractivity contribution in [1.82, 2.24) is 4.98 Å². The van der Waals surface area contributed by atoms with Crippen molar-refractivity contribution >= 4 is 23.2 Å². The van der Waals surface area contributed by atoms with Gasteiger partial charge in [-0.2, -0.15) is 0 Å². The van der Waals surface area contributed by atoms with E-state index in [0.717, 1.165) is 0 Å². The summed E-state index contributed by atoms with van der Waals surface area (Å²) in [6.07, 6.45) is 2.91. The van der Waals surface area contributed by atoms with Crippen LogP contribution in [0.15, 0.2) is 24.4 Å². The van der Waals surface area contributed by atoms with Gasteiger partial charge < -0.3 is 20.1 Å². The predicted molar refractivity (Wildman–Crippen MR) is 93.4 cm³/mol. The molecule has 1 aliphatic heterocycles. The summed E-state index contributed by atoms with van der Waals surface area (Å²) in [5, 5.41) is 12.0. The van der Waals surface area contributed by atoms with Gasteiger partial charge in [0.2, 0.25) is 0 Å². The highest BCUT2D eigenvalue weighted by molar-refractivity contribution is 6.35. The highest BCUT2D eigenvalue weighted by Gasteiger charge is 2.28. The third kappa shape index (κ3) is 3.28. The normalized spacial score (nSPS) is 15.4. The Morgan fingerprint density at radius 3 is 2.92 bits per heavy atom. The summed E-state index contributed by atoms with van der Waals surface area (Å²) in [4.78, 5) is 15.3. The van der Waals surface area contributed by atoms with Crippen LogP contribution in [0.25, 0.3) is 11.6 Å². The van der Waals surface area contributed by atoms with E-state index < -0.39 is 11.9 Å². The Morgan fingerprint density at radius 2 is 2.20 bits per heavy atom. The lowest BCUT2D eigenvalue weighted by Gasteiger charge is -2.05. The lowest BCUT2D eigenvalue weighted by atomic mass is 9.99. The van der Waals surface area contributed by atoms with Gasteiger partial charge in [-0.05, 0) is 31.2 Å². The Balaban J connectivity index is 2.13. The number of hydrogen-bond donors (Lipinski definition) is 3. The first-order valence-corrected chi connectivity index (χ1v) is 7.75. The number of aromatic nitrogens is 1. The van der Waals surface area contributed by atoms with Gasteiger partial charge in [0.1, 0.15) is 11.6 Å². The van der Waals surface area contributed by atoms with Gasteiger partial charge in [-0.15, -0.1) is 0 Å². The number of fused-ring (bicyclic) bond motifs is 1. The van der Waals surface area contributed by atoms with E-state index in [1.807, 2.05) is 0 Å². The average Bonchev–Trinajstić information content (AvgIpc) is 3.14. The molecule has 3 rings (SSSR count). The molecule has 5 nitrogen and oxygen atoms in total. The maximum Gasteiger partial charge on any atom is 0.256 e. The molecule has 0 saturated heterocycles. The zero-order valence-corrected chi connectivity index (χ0v) is 13.8. The van der Waals surface area contributed by atoms with Crippen molar-refractivity contribution in [2.24, 2.45) is 0 Å². The highest BCUT2D eigenvalue weighted by atomic mass is 19.1. The number of hydrogen-bond acceptors (Lipinski definition) is 3. The minimum absolute atomic E-state index is 0.133. The highest BCUT2D eigenvalue weighted by Crippen LogP contribution is 2.37. The molecule has 2 aromatic rings. The second-order valence-electron chi connectivity index (χ2n) is 5.67. The first kappa shape index (κ1) is 16.8. The number of aliphatic hydroxyl groups excluding tert-OH is 1. The van der Waals surface area contributed by atoms with Crippen molar-refractivity contribution in [2.75, 3.05) is 12.4 Å². The smallest absolute Gasteiger partial charge is 0.256 e. The van der Waals surface area contributed by atoms with E-state index in [0.29, 0.717) is 28.3 Å². The molecule has 0 fully saturated rings. The molecule has 0 saturated carbocycles. The molecule has 0 aliphatic carbocycles. The van der Waals surface area contributed by atoms with Crippen LogP contribution in [-0.4, -0.2) is 29.2 Å². The average molecular weight is 340 g/mol. The molecule has 1 atom stereocenters. The summed E-state index contributed by atoms with van der Waals surface area (Å²) < 4.78 is 19.6. The van der Waals surface area contributed by atoms with E-state index in [1.54, 1.807) is 25.3 Å². The standard InChI is InChI=1S/C19H17FN2O3/c1-11(23)4-3-5-12-14(20)6-7-15-18(12)13(19(24)22-15)10-16-17(25-2)8-9-21-16/h6-11,21,23H,4H2,1-2H3,(H,22,24). The molecule has 1 aromatic heterocycles. The fourth-order valence-corrected chi connectivity index (χ4v) is 2.61. The molecular weight excluding hydrogens is 323 g/mol. The Morgan fingerprint density at radius 1 is 1.40 bits per heavy atom. The van der Waals surface area contributed by atoms with Gasteiger partial charge in [0.15, 0.2) is 0 Å².